The molecule has 6 heteroatoms. The van der Waals surface area contributed by atoms with Gasteiger partial charge in [-0.1, -0.05) is 13.3 Å². The fourth-order valence-corrected chi connectivity index (χ4v) is 1.77. The Morgan fingerprint density at radius 1 is 1.42 bits per heavy atom. The van der Waals surface area contributed by atoms with Crippen LogP contribution in [0.5, 0.6) is 0 Å². The van der Waals surface area contributed by atoms with Gasteiger partial charge in [-0.3, -0.25) is 0 Å². The molecule has 110 valence electrons. The fraction of sp³-hybridized carbons (Fsp3) is 0.692. The van der Waals surface area contributed by atoms with Crippen LogP contribution < -0.4 is 0 Å². The van der Waals surface area contributed by atoms with E-state index in [1.165, 1.54) is 0 Å². The highest BCUT2D eigenvalue weighted by Gasteiger charge is 2.27. The second kappa shape index (κ2) is 7.55. The van der Waals surface area contributed by atoms with E-state index in [0.29, 0.717) is 19.4 Å². The Balaban J connectivity index is 2.23. The molecule has 1 heterocycles. The van der Waals surface area contributed by atoms with Crippen LogP contribution in [0.1, 0.15) is 37.9 Å². The van der Waals surface area contributed by atoms with Crippen LogP contribution in [-0.2, 0) is 11.3 Å². The van der Waals surface area contributed by atoms with Crippen LogP contribution in [0.2, 0.25) is 0 Å². The monoisotopic (exact) mass is 279 g/mol. The van der Waals surface area contributed by atoms with Crippen molar-refractivity contribution < 1.29 is 23.0 Å². The molecule has 1 N–H and O–H groups in total. The van der Waals surface area contributed by atoms with Crippen LogP contribution in [0.25, 0.3) is 0 Å². The molecule has 0 saturated carbocycles. The summed E-state index contributed by atoms with van der Waals surface area (Å²) in [7, 11) is 0. The topological polar surface area (TPSA) is 34.4 Å². The summed E-state index contributed by atoms with van der Waals surface area (Å²) in [5.41, 5.74) is 0.845. The lowest BCUT2D eigenvalue weighted by atomic mass is 10.1. The lowest BCUT2D eigenvalue weighted by molar-refractivity contribution is -0.174. The van der Waals surface area contributed by atoms with Crippen molar-refractivity contribution in [3.63, 3.8) is 0 Å². The minimum atomic E-state index is -4.26. The van der Waals surface area contributed by atoms with Crippen LogP contribution in [-0.4, -0.2) is 29.1 Å². The first-order chi connectivity index (χ1) is 8.92. The van der Waals surface area contributed by atoms with Crippen LogP contribution >= 0.6 is 0 Å². The number of aliphatic hydroxyl groups excluding tert-OH is 1. The number of nitrogens with zero attached hydrogens (tertiary/aromatic N) is 1. The Morgan fingerprint density at radius 3 is 2.79 bits per heavy atom. The Labute approximate surface area is 111 Å². The van der Waals surface area contributed by atoms with Crippen LogP contribution in [0.3, 0.4) is 0 Å². The molecule has 19 heavy (non-hydrogen) atoms. The number of hydrogen-bond acceptors (Lipinski definition) is 2. The van der Waals surface area contributed by atoms with Crippen molar-refractivity contribution in [3.05, 3.63) is 24.0 Å². The van der Waals surface area contributed by atoms with E-state index in [-0.39, 0.29) is 6.61 Å². The summed E-state index contributed by atoms with van der Waals surface area (Å²) >= 11 is 0. The molecule has 0 spiro atoms. The van der Waals surface area contributed by atoms with Crippen molar-refractivity contribution >= 4 is 0 Å². The Kier molecular flexibility index (Phi) is 6.37. The maximum absolute atomic E-state index is 11.8. The molecule has 1 unspecified atom stereocenters. The van der Waals surface area contributed by atoms with Gasteiger partial charge in [0, 0.05) is 25.5 Å². The number of alkyl halides is 3. The van der Waals surface area contributed by atoms with Gasteiger partial charge in [0.2, 0.25) is 0 Å². The van der Waals surface area contributed by atoms with Gasteiger partial charge >= 0.3 is 6.18 Å². The van der Waals surface area contributed by atoms with Crippen molar-refractivity contribution in [1.82, 2.24) is 4.57 Å². The molecule has 0 bridgehead atoms. The number of aryl methyl sites for hydroxylation is 1. The van der Waals surface area contributed by atoms with Crippen molar-refractivity contribution in [3.8, 4) is 0 Å². The Bertz CT molecular complexity index is 363. The molecule has 0 aliphatic heterocycles. The summed E-state index contributed by atoms with van der Waals surface area (Å²) in [6.07, 6.45) is 1.03. The summed E-state index contributed by atoms with van der Waals surface area (Å²) < 4.78 is 41.8. The number of aliphatic hydroxyl groups is 1. The van der Waals surface area contributed by atoms with Crippen LogP contribution in [0, 0.1) is 0 Å². The second-order valence-electron chi connectivity index (χ2n) is 4.51. The van der Waals surface area contributed by atoms with Crippen molar-refractivity contribution in [2.75, 3.05) is 13.2 Å². The summed E-state index contributed by atoms with van der Waals surface area (Å²) in [6, 6.07) is 1.83. The predicted molar refractivity (Wildman–Crippen MR) is 65.8 cm³/mol. The first-order valence-corrected chi connectivity index (χ1v) is 6.40. The molecule has 3 nitrogen and oxygen atoms in total. The third-order valence-electron chi connectivity index (χ3n) is 2.69. The summed E-state index contributed by atoms with van der Waals surface area (Å²) in [5.74, 6) is 0. The molecule has 0 amide bonds. The van der Waals surface area contributed by atoms with E-state index >= 15 is 0 Å². The minimum Gasteiger partial charge on any atom is -0.388 e. The van der Waals surface area contributed by atoms with Crippen molar-refractivity contribution in [2.45, 2.75) is 45.0 Å². The van der Waals surface area contributed by atoms with Gasteiger partial charge in [-0.2, -0.15) is 13.2 Å². The molecule has 1 atom stereocenters. The number of rotatable bonds is 8. The molecule has 0 saturated heterocycles. The first kappa shape index (κ1) is 16.0. The molecule has 1 rings (SSSR count). The average Bonchev–Trinajstić information content (AvgIpc) is 2.76. The largest absolute Gasteiger partial charge is 0.411 e. The van der Waals surface area contributed by atoms with Gasteiger partial charge < -0.3 is 14.4 Å². The zero-order valence-electron chi connectivity index (χ0n) is 11.0. The minimum absolute atomic E-state index is 0.0739. The Hall–Kier alpha value is -1.01. The number of ether oxygens (including phenoxy) is 1. The highest BCUT2D eigenvalue weighted by atomic mass is 19.4. The van der Waals surface area contributed by atoms with Gasteiger partial charge in [-0.15, -0.1) is 0 Å². The lowest BCUT2D eigenvalue weighted by Gasteiger charge is -2.08. The predicted octanol–water partition coefficient (Wildman–Crippen LogP) is 3.29. The number of hydrogen-bond donors (Lipinski definition) is 1. The Morgan fingerprint density at radius 2 is 2.16 bits per heavy atom. The zero-order valence-corrected chi connectivity index (χ0v) is 11.0. The van der Waals surface area contributed by atoms with Gasteiger partial charge in [0.05, 0.1) is 6.10 Å². The second-order valence-corrected chi connectivity index (χ2v) is 4.51. The van der Waals surface area contributed by atoms with Gasteiger partial charge in [-0.25, -0.2) is 0 Å². The molecular weight excluding hydrogens is 259 g/mol. The zero-order chi connectivity index (χ0) is 14.3. The van der Waals surface area contributed by atoms with Crippen LogP contribution in [0.15, 0.2) is 18.5 Å². The SMILES string of the molecule is CCCC(O)c1ccn(CCCOCC(F)(F)F)c1. The third-order valence-corrected chi connectivity index (χ3v) is 2.69. The van der Waals surface area contributed by atoms with E-state index in [0.717, 1.165) is 12.0 Å². The van der Waals surface area contributed by atoms with Gasteiger partial charge in [0.15, 0.2) is 0 Å². The maximum Gasteiger partial charge on any atom is 0.411 e. The van der Waals surface area contributed by atoms with E-state index < -0.39 is 18.9 Å². The molecule has 0 aromatic carbocycles. The third kappa shape index (κ3) is 6.63. The maximum atomic E-state index is 11.8. The quantitative estimate of drug-likeness (QED) is 0.741. The lowest BCUT2D eigenvalue weighted by Crippen LogP contribution is -2.17. The smallest absolute Gasteiger partial charge is 0.388 e. The summed E-state index contributed by atoms with van der Waals surface area (Å²) in [6.45, 7) is 1.46. The molecule has 1 aromatic heterocycles. The van der Waals surface area contributed by atoms with Gasteiger partial charge in [0.1, 0.15) is 6.61 Å². The highest BCUT2D eigenvalue weighted by Crippen LogP contribution is 2.18. The molecule has 1 aromatic rings. The molecular formula is C13H20F3NO2. The molecule has 0 radical (unpaired) electrons. The van der Waals surface area contributed by atoms with E-state index in [2.05, 4.69) is 4.74 Å². The molecule has 0 aliphatic rings. The van der Waals surface area contributed by atoms with Crippen LogP contribution in [0.4, 0.5) is 13.2 Å². The molecule has 0 aliphatic carbocycles. The number of aromatic nitrogens is 1. The van der Waals surface area contributed by atoms with Gasteiger partial charge in [-0.05, 0) is 24.5 Å². The fourth-order valence-electron chi connectivity index (χ4n) is 1.77. The van der Waals surface area contributed by atoms with E-state index in [1.807, 2.05) is 30.0 Å². The summed E-state index contributed by atoms with van der Waals surface area (Å²) in [5, 5.41) is 9.77. The average molecular weight is 279 g/mol. The first-order valence-electron chi connectivity index (χ1n) is 6.40. The van der Waals surface area contributed by atoms with E-state index in [4.69, 9.17) is 0 Å². The van der Waals surface area contributed by atoms with Crippen molar-refractivity contribution in [2.24, 2.45) is 0 Å². The number of halogens is 3. The molecule has 0 fully saturated rings. The van der Waals surface area contributed by atoms with E-state index in [1.54, 1.807) is 0 Å². The standard InChI is InChI=1S/C13H20F3NO2/c1-2-4-12(18)11-5-7-17(9-11)6-3-8-19-10-13(14,15)16/h5,7,9,12,18H,2-4,6,8,10H2,1H3. The summed E-state index contributed by atoms with van der Waals surface area (Å²) in [4.78, 5) is 0. The van der Waals surface area contributed by atoms with Gasteiger partial charge in [0.25, 0.3) is 0 Å². The van der Waals surface area contributed by atoms with E-state index in [9.17, 15) is 18.3 Å². The normalized spacial score (nSPS) is 13.7. The highest BCUT2D eigenvalue weighted by molar-refractivity contribution is 5.13. The van der Waals surface area contributed by atoms with Crippen molar-refractivity contribution in [1.29, 1.82) is 0 Å².